The third-order valence-corrected chi connectivity index (χ3v) is 5.59. The van der Waals surface area contributed by atoms with Gasteiger partial charge in [0.1, 0.15) is 0 Å². The first-order chi connectivity index (χ1) is 16.2. The Balaban J connectivity index is 1.54. The number of hydrazone groups is 1. The van der Waals surface area contributed by atoms with Crippen LogP contribution in [0.3, 0.4) is 0 Å². The Morgan fingerprint density at radius 3 is 2.71 bits per heavy atom. The van der Waals surface area contributed by atoms with Gasteiger partial charge in [0, 0.05) is 12.6 Å². The van der Waals surface area contributed by atoms with Crippen LogP contribution in [0.25, 0.3) is 5.82 Å². The summed E-state index contributed by atoms with van der Waals surface area (Å²) < 4.78 is 44.0. The molecule has 180 valence electrons. The summed E-state index contributed by atoms with van der Waals surface area (Å²) >= 11 is 0. The maximum atomic E-state index is 12.8. The second kappa shape index (κ2) is 9.59. The van der Waals surface area contributed by atoms with Gasteiger partial charge in [0.25, 0.3) is 5.91 Å². The highest BCUT2D eigenvalue weighted by Gasteiger charge is 2.30. The lowest BCUT2D eigenvalue weighted by Gasteiger charge is -2.33. The van der Waals surface area contributed by atoms with Crippen LogP contribution in [0.5, 0.6) is 0 Å². The summed E-state index contributed by atoms with van der Waals surface area (Å²) in [5.41, 5.74) is 8.18. The lowest BCUT2D eigenvalue weighted by Crippen LogP contribution is -2.38. The number of amides is 1. The van der Waals surface area contributed by atoms with Crippen molar-refractivity contribution in [1.82, 2.24) is 35.6 Å². The van der Waals surface area contributed by atoms with Crippen molar-refractivity contribution in [2.24, 2.45) is 5.10 Å². The third-order valence-electron chi connectivity index (χ3n) is 5.59. The summed E-state index contributed by atoms with van der Waals surface area (Å²) in [6.07, 6.45) is -0.0247. The van der Waals surface area contributed by atoms with Crippen molar-refractivity contribution >= 4 is 17.9 Å². The van der Waals surface area contributed by atoms with Crippen LogP contribution in [-0.2, 0) is 12.7 Å². The number of nitrogens with one attached hydrogen (secondary N) is 1. The molecular weight excluding hydrogens is 455 g/mol. The molecule has 3 N–H and O–H groups in total. The number of nitrogen functional groups attached to an aromatic ring is 1. The maximum Gasteiger partial charge on any atom is 0.416 e. The van der Waals surface area contributed by atoms with Crippen LogP contribution in [0.4, 0.5) is 19.0 Å². The van der Waals surface area contributed by atoms with Crippen molar-refractivity contribution < 1.29 is 22.6 Å². The SMILES string of the molecule is C[C@@H]1CCCCN1Cc1c(C(=O)N/N=C/c2ccc(C(F)(F)F)cc2)nnn1-c1nonc1N. The number of benzene rings is 1. The van der Waals surface area contributed by atoms with Gasteiger partial charge in [-0.2, -0.15) is 23.0 Å². The number of alkyl halides is 3. The van der Waals surface area contributed by atoms with Crippen molar-refractivity contribution in [1.29, 1.82) is 0 Å². The monoisotopic (exact) mass is 477 g/mol. The normalized spacial score (nSPS) is 17.4. The van der Waals surface area contributed by atoms with Crippen LogP contribution in [0, 0.1) is 0 Å². The fraction of sp³-hybridized carbons (Fsp3) is 0.400. The first-order valence-corrected chi connectivity index (χ1v) is 10.5. The number of piperidine rings is 1. The first-order valence-electron chi connectivity index (χ1n) is 10.5. The minimum absolute atomic E-state index is 0.00439. The van der Waals surface area contributed by atoms with Gasteiger partial charge >= 0.3 is 6.18 Å². The number of anilines is 1. The molecule has 0 unspecified atom stereocenters. The smallest absolute Gasteiger partial charge is 0.378 e. The van der Waals surface area contributed by atoms with Crippen LogP contribution in [0.1, 0.15) is 53.5 Å². The Labute approximate surface area is 191 Å². The predicted molar refractivity (Wildman–Crippen MR) is 114 cm³/mol. The fourth-order valence-electron chi connectivity index (χ4n) is 3.69. The molecule has 0 bridgehead atoms. The standard InChI is InChI=1S/C20H22F3N9O2/c1-12-4-2-3-9-31(12)11-15-16(26-30-32(15)18-17(24)28-34-29-18)19(33)27-25-10-13-5-7-14(8-6-13)20(21,22)23/h5-8,10,12H,2-4,9,11H2,1H3,(H2,24,28)(H,27,33)/b25-10+/t12-/m1/s1. The van der Waals surface area contributed by atoms with E-state index in [0.29, 0.717) is 23.8 Å². The maximum absolute atomic E-state index is 12.8. The molecule has 0 spiro atoms. The average Bonchev–Trinajstić information content (AvgIpc) is 3.40. The van der Waals surface area contributed by atoms with E-state index in [1.165, 1.54) is 23.0 Å². The number of carbonyl (C=O) groups is 1. The predicted octanol–water partition coefficient (Wildman–Crippen LogP) is 2.39. The zero-order chi connectivity index (χ0) is 24.3. The molecule has 3 aromatic rings. The summed E-state index contributed by atoms with van der Waals surface area (Å²) in [7, 11) is 0. The Hall–Kier alpha value is -3.81. The van der Waals surface area contributed by atoms with Gasteiger partial charge in [-0.25, -0.2) is 10.1 Å². The molecule has 0 aliphatic carbocycles. The largest absolute Gasteiger partial charge is 0.416 e. The molecule has 1 atom stereocenters. The van der Waals surface area contributed by atoms with Crippen LogP contribution < -0.4 is 11.2 Å². The van der Waals surface area contributed by atoms with E-state index in [2.05, 4.69) is 47.6 Å². The van der Waals surface area contributed by atoms with Crippen LogP contribution in [0.2, 0.25) is 0 Å². The van der Waals surface area contributed by atoms with Crippen molar-refractivity contribution in [3.8, 4) is 5.82 Å². The van der Waals surface area contributed by atoms with E-state index in [1.807, 2.05) is 0 Å². The van der Waals surface area contributed by atoms with Gasteiger partial charge in [0.2, 0.25) is 11.6 Å². The molecule has 0 radical (unpaired) electrons. The highest BCUT2D eigenvalue weighted by molar-refractivity contribution is 5.94. The summed E-state index contributed by atoms with van der Waals surface area (Å²) in [4.78, 5) is 15.0. The van der Waals surface area contributed by atoms with Gasteiger partial charge in [0.05, 0.1) is 17.5 Å². The number of carbonyl (C=O) groups excluding carboxylic acids is 1. The van der Waals surface area contributed by atoms with Crippen LogP contribution >= 0.6 is 0 Å². The molecule has 1 saturated heterocycles. The van der Waals surface area contributed by atoms with E-state index < -0.39 is 17.6 Å². The van der Waals surface area contributed by atoms with Gasteiger partial charge in [-0.05, 0) is 54.3 Å². The molecule has 1 aliphatic rings. The molecule has 1 fully saturated rings. The molecule has 11 nitrogen and oxygen atoms in total. The second-order valence-electron chi connectivity index (χ2n) is 7.90. The lowest BCUT2D eigenvalue weighted by atomic mass is 10.0. The molecule has 1 amide bonds. The van der Waals surface area contributed by atoms with Gasteiger partial charge in [0.15, 0.2) is 5.69 Å². The Bertz CT molecular complexity index is 1170. The van der Waals surface area contributed by atoms with Gasteiger partial charge in [-0.3, -0.25) is 9.69 Å². The molecule has 1 aliphatic heterocycles. The van der Waals surface area contributed by atoms with Crippen molar-refractivity contribution in [2.45, 2.75) is 44.9 Å². The van der Waals surface area contributed by atoms with Gasteiger partial charge in [-0.1, -0.05) is 23.8 Å². The molecule has 3 heterocycles. The van der Waals surface area contributed by atoms with Crippen molar-refractivity contribution in [3.63, 3.8) is 0 Å². The summed E-state index contributed by atoms with van der Waals surface area (Å²) in [5.74, 6) is -0.548. The number of hydrogen-bond acceptors (Lipinski definition) is 9. The quantitative estimate of drug-likeness (QED) is 0.407. The highest BCUT2D eigenvalue weighted by Crippen LogP contribution is 2.29. The summed E-state index contributed by atoms with van der Waals surface area (Å²) in [5, 5.41) is 19.1. The highest BCUT2D eigenvalue weighted by atomic mass is 19.4. The zero-order valence-electron chi connectivity index (χ0n) is 18.2. The Morgan fingerprint density at radius 1 is 1.29 bits per heavy atom. The first kappa shape index (κ1) is 23.4. The van der Waals surface area contributed by atoms with E-state index in [0.717, 1.165) is 37.9 Å². The van der Waals surface area contributed by atoms with Crippen LogP contribution in [0.15, 0.2) is 34.0 Å². The molecule has 1 aromatic carbocycles. The molecule has 4 rings (SSSR count). The number of aromatic nitrogens is 5. The van der Waals surface area contributed by atoms with Crippen molar-refractivity contribution in [2.75, 3.05) is 12.3 Å². The van der Waals surface area contributed by atoms with Gasteiger partial charge < -0.3 is 5.73 Å². The number of likely N-dealkylation sites (tertiary alicyclic amines) is 1. The Morgan fingerprint density at radius 2 is 2.06 bits per heavy atom. The molecule has 14 heteroatoms. The number of nitrogens with zero attached hydrogens (tertiary/aromatic N) is 7. The fourth-order valence-corrected chi connectivity index (χ4v) is 3.69. The number of nitrogens with two attached hydrogens (primary N) is 1. The molecule has 34 heavy (non-hydrogen) atoms. The number of hydrogen-bond donors (Lipinski definition) is 2. The second-order valence-corrected chi connectivity index (χ2v) is 7.90. The molecule has 2 aromatic heterocycles. The number of halogens is 3. The number of rotatable bonds is 6. The minimum Gasteiger partial charge on any atom is -0.378 e. The lowest BCUT2D eigenvalue weighted by molar-refractivity contribution is -0.137. The van der Waals surface area contributed by atoms with E-state index >= 15 is 0 Å². The van der Waals surface area contributed by atoms with E-state index in [-0.39, 0.29) is 17.3 Å². The molecular formula is C20H22F3N9O2. The topological polar surface area (TPSA) is 140 Å². The summed E-state index contributed by atoms with van der Waals surface area (Å²) in [6, 6.07) is 4.65. The van der Waals surface area contributed by atoms with E-state index in [1.54, 1.807) is 0 Å². The van der Waals surface area contributed by atoms with E-state index in [9.17, 15) is 18.0 Å². The Kier molecular flexibility index (Phi) is 6.58. The zero-order valence-corrected chi connectivity index (χ0v) is 18.2. The van der Waals surface area contributed by atoms with Crippen molar-refractivity contribution in [3.05, 3.63) is 46.8 Å². The van der Waals surface area contributed by atoms with Crippen LogP contribution in [-0.4, -0.2) is 54.9 Å². The van der Waals surface area contributed by atoms with Gasteiger partial charge in [-0.15, -0.1) is 5.10 Å². The summed E-state index contributed by atoms with van der Waals surface area (Å²) in [6.45, 7) is 3.30. The minimum atomic E-state index is -4.43. The third kappa shape index (κ3) is 5.06. The average molecular weight is 477 g/mol. The molecule has 0 saturated carbocycles. The van der Waals surface area contributed by atoms with E-state index in [4.69, 9.17) is 5.73 Å².